The summed E-state index contributed by atoms with van der Waals surface area (Å²) in [6.07, 6.45) is 2.11. The first-order valence-corrected chi connectivity index (χ1v) is 5.21. The van der Waals surface area contributed by atoms with E-state index >= 15 is 0 Å². The Morgan fingerprint density at radius 3 is 2.40 bits per heavy atom. The second-order valence-electron chi connectivity index (χ2n) is 4.12. The Bertz CT molecular complexity index is 495. The summed E-state index contributed by atoms with van der Waals surface area (Å²) in [6, 6.07) is 8.66. The maximum Gasteiger partial charge on any atom is 0.238 e. The van der Waals surface area contributed by atoms with Crippen LogP contribution in [0, 0.1) is 20.8 Å². The number of rotatable bonds is 1. The maximum absolute atomic E-state index is 2.22. The lowest BCUT2D eigenvalue weighted by molar-refractivity contribution is -0.683. The lowest BCUT2D eigenvalue weighted by atomic mass is 10.1. The highest BCUT2D eigenvalue weighted by atomic mass is 15.4. The van der Waals surface area contributed by atoms with Crippen LogP contribution in [0.5, 0.6) is 0 Å². The predicted octanol–water partition coefficient (Wildman–Crippen LogP) is 2.23. The average molecular weight is 201 g/mol. The molecule has 15 heavy (non-hydrogen) atoms. The molecule has 78 valence electrons. The van der Waals surface area contributed by atoms with Crippen molar-refractivity contribution in [2.45, 2.75) is 20.8 Å². The van der Waals surface area contributed by atoms with Gasteiger partial charge in [0.2, 0.25) is 11.9 Å². The Kier molecular flexibility index (Phi) is 2.35. The fraction of sp³-hybridized carbons (Fsp3) is 0.308. The summed E-state index contributed by atoms with van der Waals surface area (Å²) < 4.78 is 4.33. The van der Waals surface area contributed by atoms with Crippen LogP contribution in [-0.4, -0.2) is 4.68 Å². The van der Waals surface area contributed by atoms with Gasteiger partial charge in [-0.1, -0.05) is 16.8 Å². The van der Waals surface area contributed by atoms with Gasteiger partial charge in [0.15, 0.2) is 0 Å². The maximum atomic E-state index is 2.22. The molecule has 0 atom stereocenters. The van der Waals surface area contributed by atoms with Crippen molar-refractivity contribution in [1.82, 2.24) is 4.68 Å². The van der Waals surface area contributed by atoms with Gasteiger partial charge in [0.25, 0.3) is 0 Å². The molecule has 0 bridgehead atoms. The van der Waals surface area contributed by atoms with Crippen molar-refractivity contribution >= 4 is 0 Å². The SMILES string of the molecule is Cc1ccc(C)c(-[n+]2ccc(C)n2C)c1. The summed E-state index contributed by atoms with van der Waals surface area (Å²) in [7, 11) is 2.08. The van der Waals surface area contributed by atoms with Crippen LogP contribution >= 0.6 is 0 Å². The largest absolute Gasteiger partial charge is 0.238 e. The van der Waals surface area contributed by atoms with Crippen LogP contribution in [0.15, 0.2) is 30.5 Å². The molecule has 1 aromatic heterocycles. The molecule has 0 N–H and O–H groups in total. The number of hydrogen-bond donors (Lipinski definition) is 0. The molecule has 0 radical (unpaired) electrons. The third-order valence-corrected chi connectivity index (χ3v) is 2.90. The molecule has 0 fully saturated rings. The minimum atomic E-state index is 1.26. The minimum Gasteiger partial charge on any atom is -0.155 e. The van der Waals surface area contributed by atoms with Crippen molar-refractivity contribution in [3.8, 4) is 5.69 Å². The molecule has 0 aliphatic rings. The Morgan fingerprint density at radius 1 is 1.07 bits per heavy atom. The zero-order chi connectivity index (χ0) is 11.0. The summed E-state index contributed by atoms with van der Waals surface area (Å²) in [5.74, 6) is 0. The van der Waals surface area contributed by atoms with Crippen LogP contribution in [0.2, 0.25) is 0 Å². The van der Waals surface area contributed by atoms with Gasteiger partial charge in [0, 0.05) is 17.7 Å². The molecular weight excluding hydrogens is 184 g/mol. The van der Waals surface area contributed by atoms with Crippen LogP contribution in [0.1, 0.15) is 16.8 Å². The minimum absolute atomic E-state index is 1.26. The van der Waals surface area contributed by atoms with Gasteiger partial charge >= 0.3 is 0 Å². The van der Waals surface area contributed by atoms with E-state index < -0.39 is 0 Å². The topological polar surface area (TPSA) is 8.81 Å². The molecule has 1 aromatic carbocycles. The van der Waals surface area contributed by atoms with E-state index in [1.54, 1.807) is 0 Å². The summed E-state index contributed by atoms with van der Waals surface area (Å²) in [6.45, 7) is 6.38. The van der Waals surface area contributed by atoms with Crippen LogP contribution in [-0.2, 0) is 7.05 Å². The van der Waals surface area contributed by atoms with Crippen molar-refractivity contribution in [3.63, 3.8) is 0 Å². The molecule has 0 aliphatic heterocycles. The van der Waals surface area contributed by atoms with E-state index in [0.29, 0.717) is 0 Å². The molecule has 2 heteroatoms. The third kappa shape index (κ3) is 1.67. The summed E-state index contributed by atoms with van der Waals surface area (Å²) in [4.78, 5) is 0. The van der Waals surface area contributed by atoms with Gasteiger partial charge in [-0.3, -0.25) is 0 Å². The fourth-order valence-corrected chi connectivity index (χ4v) is 1.76. The second kappa shape index (κ2) is 3.54. The molecule has 2 aromatic rings. The number of hydrogen-bond acceptors (Lipinski definition) is 0. The normalized spacial score (nSPS) is 10.7. The van der Waals surface area contributed by atoms with E-state index in [9.17, 15) is 0 Å². The highest BCUT2D eigenvalue weighted by molar-refractivity contribution is 5.36. The Hall–Kier alpha value is -1.57. The molecule has 0 saturated carbocycles. The van der Waals surface area contributed by atoms with Crippen LogP contribution < -0.4 is 4.68 Å². The van der Waals surface area contributed by atoms with E-state index in [1.807, 2.05) is 0 Å². The number of nitrogens with zero attached hydrogens (tertiary/aromatic N) is 2. The Labute approximate surface area is 90.8 Å². The fourth-order valence-electron chi connectivity index (χ4n) is 1.76. The average Bonchev–Trinajstić information content (AvgIpc) is 2.52. The lowest BCUT2D eigenvalue weighted by Gasteiger charge is -2.02. The van der Waals surface area contributed by atoms with Crippen LogP contribution in [0.25, 0.3) is 5.69 Å². The van der Waals surface area contributed by atoms with Crippen molar-refractivity contribution < 1.29 is 4.68 Å². The van der Waals surface area contributed by atoms with Gasteiger partial charge in [-0.15, -0.1) is 0 Å². The van der Waals surface area contributed by atoms with Crippen molar-refractivity contribution in [2.75, 3.05) is 0 Å². The number of aromatic nitrogens is 2. The highest BCUT2D eigenvalue weighted by Crippen LogP contribution is 2.10. The highest BCUT2D eigenvalue weighted by Gasteiger charge is 2.14. The predicted molar refractivity (Wildman–Crippen MR) is 61.2 cm³/mol. The first-order chi connectivity index (χ1) is 7.09. The van der Waals surface area contributed by atoms with Gasteiger partial charge in [-0.05, 0) is 26.3 Å². The molecule has 0 spiro atoms. The van der Waals surface area contributed by atoms with Crippen molar-refractivity contribution in [1.29, 1.82) is 0 Å². The molecule has 0 saturated heterocycles. The van der Waals surface area contributed by atoms with Gasteiger partial charge in [-0.25, -0.2) is 0 Å². The number of aryl methyl sites for hydroxylation is 3. The van der Waals surface area contributed by atoms with Crippen LogP contribution in [0.3, 0.4) is 0 Å². The van der Waals surface area contributed by atoms with Crippen LogP contribution in [0.4, 0.5) is 0 Å². The summed E-state index contributed by atoms with van der Waals surface area (Å²) >= 11 is 0. The van der Waals surface area contributed by atoms with Gasteiger partial charge in [0.05, 0.1) is 12.7 Å². The zero-order valence-electron chi connectivity index (χ0n) is 9.78. The third-order valence-electron chi connectivity index (χ3n) is 2.90. The van der Waals surface area contributed by atoms with Crippen molar-refractivity contribution in [3.05, 3.63) is 47.3 Å². The second-order valence-corrected chi connectivity index (χ2v) is 4.12. The molecule has 2 rings (SSSR count). The summed E-state index contributed by atoms with van der Waals surface area (Å²) in [5, 5.41) is 0. The Balaban J connectivity index is 2.63. The number of benzene rings is 1. The van der Waals surface area contributed by atoms with Crippen molar-refractivity contribution in [2.24, 2.45) is 7.05 Å². The monoisotopic (exact) mass is 201 g/mol. The van der Waals surface area contributed by atoms with E-state index in [2.05, 4.69) is 67.6 Å². The van der Waals surface area contributed by atoms with E-state index in [-0.39, 0.29) is 0 Å². The smallest absolute Gasteiger partial charge is 0.155 e. The molecule has 0 amide bonds. The molecule has 1 heterocycles. The Morgan fingerprint density at radius 2 is 1.80 bits per heavy atom. The van der Waals surface area contributed by atoms with Gasteiger partial charge in [0.1, 0.15) is 0 Å². The quantitative estimate of drug-likeness (QED) is 0.626. The molecule has 2 nitrogen and oxygen atoms in total. The van der Waals surface area contributed by atoms with E-state index in [4.69, 9.17) is 0 Å². The molecule has 0 aliphatic carbocycles. The van der Waals surface area contributed by atoms with E-state index in [1.165, 1.54) is 22.5 Å². The van der Waals surface area contributed by atoms with Gasteiger partial charge < -0.3 is 0 Å². The molecular formula is C13H17N2+. The van der Waals surface area contributed by atoms with Gasteiger partial charge in [-0.2, -0.15) is 4.68 Å². The summed E-state index contributed by atoms with van der Waals surface area (Å²) in [5.41, 5.74) is 5.11. The molecule has 0 unspecified atom stereocenters. The van der Waals surface area contributed by atoms with E-state index in [0.717, 1.165) is 0 Å². The standard InChI is InChI=1S/C13H17N2/c1-10-5-6-11(2)13(9-10)15-8-7-12(3)14(15)4/h5-9H,1-4H3/q+1. The first kappa shape index (κ1) is 9.97. The first-order valence-electron chi connectivity index (χ1n) is 5.21. The lowest BCUT2D eigenvalue weighted by Crippen LogP contribution is -2.39. The zero-order valence-corrected chi connectivity index (χ0v) is 9.78.